The lowest BCUT2D eigenvalue weighted by Crippen LogP contribution is -2.23. The normalized spacial score (nSPS) is 10.4. The molecule has 2 aromatic rings. The molecule has 1 aromatic heterocycles. The Hall–Kier alpha value is -2.16. The number of carbonyl (C=O) groups excluding carboxylic acids is 1. The highest BCUT2D eigenvalue weighted by Gasteiger charge is 2.11. The molecule has 98 valence electrons. The quantitative estimate of drug-likeness (QED) is 0.787. The number of benzene rings is 1. The van der Waals surface area contributed by atoms with Crippen molar-refractivity contribution in [2.45, 2.75) is 19.8 Å². The zero-order valence-corrected chi connectivity index (χ0v) is 11.2. The molecule has 0 N–H and O–H groups in total. The minimum atomic E-state index is -0.225. The minimum absolute atomic E-state index is 0.0931. The molecule has 0 radical (unpaired) electrons. The van der Waals surface area contributed by atoms with Gasteiger partial charge in [-0.05, 0) is 36.6 Å². The van der Waals surface area contributed by atoms with Gasteiger partial charge in [0.25, 0.3) is 5.56 Å². The van der Waals surface area contributed by atoms with E-state index in [4.69, 9.17) is 0 Å². The first-order valence-electron chi connectivity index (χ1n) is 6.33. The Morgan fingerprint density at radius 3 is 2.63 bits per heavy atom. The fourth-order valence-electron chi connectivity index (χ4n) is 2.08. The van der Waals surface area contributed by atoms with Crippen molar-refractivity contribution >= 4 is 5.78 Å². The van der Waals surface area contributed by atoms with Crippen LogP contribution in [0.2, 0.25) is 0 Å². The molecule has 2 rings (SSSR count). The third-order valence-electron chi connectivity index (χ3n) is 3.31. The average Bonchev–Trinajstić information content (AvgIpc) is 2.40. The number of aromatic nitrogens is 1. The van der Waals surface area contributed by atoms with Crippen LogP contribution in [0, 0.1) is 6.92 Å². The SMILES string of the molecule is Cc1ccccc1CCC(=O)c1cccn(C)c1=O. The van der Waals surface area contributed by atoms with Crippen LogP contribution in [-0.4, -0.2) is 10.4 Å². The second-order valence-corrected chi connectivity index (χ2v) is 4.69. The summed E-state index contributed by atoms with van der Waals surface area (Å²) in [5.41, 5.74) is 2.38. The van der Waals surface area contributed by atoms with Crippen molar-refractivity contribution in [2.75, 3.05) is 0 Å². The van der Waals surface area contributed by atoms with Crippen molar-refractivity contribution in [3.63, 3.8) is 0 Å². The molecule has 0 aliphatic rings. The van der Waals surface area contributed by atoms with Gasteiger partial charge in [0.15, 0.2) is 5.78 Å². The van der Waals surface area contributed by atoms with Crippen LogP contribution >= 0.6 is 0 Å². The van der Waals surface area contributed by atoms with Gasteiger partial charge < -0.3 is 4.57 Å². The largest absolute Gasteiger partial charge is 0.318 e. The molecule has 19 heavy (non-hydrogen) atoms. The van der Waals surface area contributed by atoms with E-state index in [1.54, 1.807) is 25.4 Å². The highest BCUT2D eigenvalue weighted by molar-refractivity contribution is 5.95. The zero-order chi connectivity index (χ0) is 13.8. The Kier molecular flexibility index (Phi) is 3.95. The van der Waals surface area contributed by atoms with Gasteiger partial charge in [-0.2, -0.15) is 0 Å². The fourth-order valence-corrected chi connectivity index (χ4v) is 2.08. The second kappa shape index (κ2) is 5.65. The third-order valence-corrected chi connectivity index (χ3v) is 3.31. The van der Waals surface area contributed by atoms with E-state index in [1.165, 1.54) is 10.1 Å². The van der Waals surface area contributed by atoms with Crippen molar-refractivity contribution in [3.05, 3.63) is 69.6 Å². The van der Waals surface area contributed by atoms with Gasteiger partial charge in [0.05, 0.1) is 5.56 Å². The topological polar surface area (TPSA) is 39.1 Å². The highest BCUT2D eigenvalue weighted by Crippen LogP contribution is 2.11. The molecule has 0 aliphatic heterocycles. The Labute approximate surface area is 112 Å². The van der Waals surface area contributed by atoms with Crippen LogP contribution in [0.5, 0.6) is 0 Å². The predicted octanol–water partition coefficient (Wildman–Crippen LogP) is 2.51. The highest BCUT2D eigenvalue weighted by atomic mass is 16.1. The molecule has 0 amide bonds. The third kappa shape index (κ3) is 2.99. The fraction of sp³-hybridized carbons (Fsp3) is 0.250. The lowest BCUT2D eigenvalue weighted by atomic mass is 10.0. The van der Waals surface area contributed by atoms with E-state index in [2.05, 4.69) is 0 Å². The summed E-state index contributed by atoms with van der Waals surface area (Å²) in [4.78, 5) is 23.9. The van der Waals surface area contributed by atoms with Gasteiger partial charge in [-0.1, -0.05) is 24.3 Å². The van der Waals surface area contributed by atoms with Gasteiger partial charge >= 0.3 is 0 Å². The van der Waals surface area contributed by atoms with Crippen LogP contribution < -0.4 is 5.56 Å². The molecule has 0 atom stereocenters. The molecule has 0 bridgehead atoms. The van der Waals surface area contributed by atoms with Crippen molar-refractivity contribution in [1.82, 2.24) is 4.57 Å². The Morgan fingerprint density at radius 2 is 1.89 bits per heavy atom. The van der Waals surface area contributed by atoms with E-state index in [-0.39, 0.29) is 16.9 Å². The molecule has 0 saturated carbocycles. The summed E-state index contributed by atoms with van der Waals surface area (Å²) in [6.07, 6.45) is 2.69. The number of rotatable bonds is 4. The summed E-state index contributed by atoms with van der Waals surface area (Å²) in [5, 5.41) is 0. The minimum Gasteiger partial charge on any atom is -0.318 e. The molecule has 1 aromatic carbocycles. The molecule has 3 nitrogen and oxygen atoms in total. The van der Waals surface area contributed by atoms with E-state index in [0.29, 0.717) is 12.8 Å². The van der Waals surface area contributed by atoms with Crippen LogP contribution in [0.15, 0.2) is 47.4 Å². The van der Waals surface area contributed by atoms with Crippen LogP contribution in [0.4, 0.5) is 0 Å². The number of nitrogens with zero attached hydrogens (tertiary/aromatic N) is 1. The number of pyridine rings is 1. The van der Waals surface area contributed by atoms with Gasteiger partial charge in [0, 0.05) is 19.7 Å². The summed E-state index contributed by atoms with van der Waals surface area (Å²) in [7, 11) is 1.65. The van der Waals surface area contributed by atoms with Crippen molar-refractivity contribution in [3.8, 4) is 0 Å². The summed E-state index contributed by atoms with van der Waals surface area (Å²) < 4.78 is 1.43. The van der Waals surface area contributed by atoms with E-state index >= 15 is 0 Å². The van der Waals surface area contributed by atoms with E-state index in [0.717, 1.165) is 5.56 Å². The van der Waals surface area contributed by atoms with E-state index in [1.807, 2.05) is 31.2 Å². The van der Waals surface area contributed by atoms with Crippen LogP contribution in [0.1, 0.15) is 27.9 Å². The molecule has 0 spiro atoms. The molecular formula is C16H17NO2. The first-order chi connectivity index (χ1) is 9.09. The van der Waals surface area contributed by atoms with Gasteiger partial charge in [-0.25, -0.2) is 0 Å². The molecular weight excluding hydrogens is 238 g/mol. The maximum atomic E-state index is 12.1. The predicted molar refractivity (Wildman–Crippen MR) is 75.5 cm³/mol. The molecule has 1 heterocycles. The van der Waals surface area contributed by atoms with Crippen LogP contribution in [0.25, 0.3) is 0 Å². The van der Waals surface area contributed by atoms with Gasteiger partial charge in [0.2, 0.25) is 0 Å². The summed E-state index contributed by atoms with van der Waals surface area (Å²) in [6.45, 7) is 2.03. The van der Waals surface area contributed by atoms with Gasteiger partial charge in [0.1, 0.15) is 0 Å². The zero-order valence-electron chi connectivity index (χ0n) is 11.2. The standard InChI is InChI=1S/C16H17NO2/c1-12-6-3-4-7-13(12)9-10-15(18)14-8-5-11-17(2)16(14)19/h3-8,11H,9-10H2,1-2H3. The van der Waals surface area contributed by atoms with Gasteiger partial charge in [-0.3, -0.25) is 9.59 Å². The number of hydrogen-bond acceptors (Lipinski definition) is 2. The number of Topliss-reactive ketones (excluding diaryl/α,β-unsaturated/α-hetero) is 1. The van der Waals surface area contributed by atoms with Crippen molar-refractivity contribution in [1.29, 1.82) is 0 Å². The van der Waals surface area contributed by atoms with Gasteiger partial charge in [-0.15, -0.1) is 0 Å². The Balaban J connectivity index is 2.13. The molecule has 0 aliphatic carbocycles. The number of hydrogen-bond donors (Lipinski definition) is 0. The summed E-state index contributed by atoms with van der Waals surface area (Å²) in [6, 6.07) is 11.3. The first-order valence-corrected chi connectivity index (χ1v) is 6.33. The maximum Gasteiger partial charge on any atom is 0.261 e. The van der Waals surface area contributed by atoms with E-state index in [9.17, 15) is 9.59 Å². The number of ketones is 1. The maximum absolute atomic E-state index is 12.1. The first kappa shape index (κ1) is 13.3. The lowest BCUT2D eigenvalue weighted by Gasteiger charge is -2.05. The monoisotopic (exact) mass is 255 g/mol. The smallest absolute Gasteiger partial charge is 0.261 e. The van der Waals surface area contributed by atoms with Crippen molar-refractivity contribution in [2.24, 2.45) is 7.05 Å². The van der Waals surface area contributed by atoms with Crippen LogP contribution in [-0.2, 0) is 13.5 Å². The Morgan fingerprint density at radius 1 is 1.16 bits per heavy atom. The summed E-state index contributed by atoms with van der Waals surface area (Å²) >= 11 is 0. The number of carbonyl (C=O) groups is 1. The molecule has 0 fully saturated rings. The molecule has 0 unspecified atom stereocenters. The lowest BCUT2D eigenvalue weighted by molar-refractivity contribution is 0.0981. The molecule has 3 heteroatoms. The average molecular weight is 255 g/mol. The second-order valence-electron chi connectivity index (χ2n) is 4.69. The summed E-state index contributed by atoms with van der Waals surface area (Å²) in [5.74, 6) is -0.0931. The molecule has 0 saturated heterocycles. The van der Waals surface area contributed by atoms with Crippen LogP contribution in [0.3, 0.4) is 0 Å². The number of aryl methyl sites for hydroxylation is 3. The van der Waals surface area contributed by atoms with E-state index < -0.39 is 0 Å². The Bertz CT molecular complexity index is 656. The van der Waals surface area contributed by atoms with Crippen molar-refractivity contribution < 1.29 is 4.79 Å².